The Morgan fingerprint density at radius 2 is 2.15 bits per heavy atom. The molecular formula is C15H19N3O2. The standard InChI is InChI=1S/C15H19N3O2/c1-2-15(8-3-4-9-15)11-17-13-7-5-6-12(10-16)14(13)18(19)20/h5-7,17H,2-4,8-9,11H2,1H3. The number of hydrogen-bond donors (Lipinski definition) is 1. The van der Waals surface area contributed by atoms with Gasteiger partial charge in [-0.1, -0.05) is 25.8 Å². The maximum absolute atomic E-state index is 11.2. The van der Waals surface area contributed by atoms with E-state index in [0.717, 1.165) is 13.0 Å². The maximum Gasteiger partial charge on any atom is 0.309 e. The van der Waals surface area contributed by atoms with E-state index in [-0.39, 0.29) is 16.7 Å². The van der Waals surface area contributed by atoms with Crippen LogP contribution in [-0.4, -0.2) is 11.5 Å². The lowest BCUT2D eigenvalue weighted by Gasteiger charge is -2.28. The summed E-state index contributed by atoms with van der Waals surface area (Å²) in [6, 6.07) is 6.73. The summed E-state index contributed by atoms with van der Waals surface area (Å²) < 4.78 is 0. The van der Waals surface area contributed by atoms with Crippen LogP contribution in [0.1, 0.15) is 44.6 Å². The highest BCUT2D eigenvalue weighted by Gasteiger charge is 2.32. The van der Waals surface area contributed by atoms with Crippen LogP contribution in [-0.2, 0) is 0 Å². The van der Waals surface area contributed by atoms with Gasteiger partial charge in [0.25, 0.3) is 0 Å². The molecule has 1 saturated carbocycles. The molecule has 0 radical (unpaired) electrons. The van der Waals surface area contributed by atoms with Gasteiger partial charge in [-0.3, -0.25) is 10.1 Å². The zero-order valence-electron chi connectivity index (χ0n) is 11.7. The van der Waals surface area contributed by atoms with Gasteiger partial charge in [0.1, 0.15) is 17.3 Å². The van der Waals surface area contributed by atoms with Crippen LogP contribution in [0.15, 0.2) is 18.2 Å². The van der Waals surface area contributed by atoms with Crippen LogP contribution in [0.4, 0.5) is 11.4 Å². The number of anilines is 1. The van der Waals surface area contributed by atoms with Gasteiger partial charge in [-0.2, -0.15) is 5.26 Å². The molecule has 20 heavy (non-hydrogen) atoms. The first-order valence-corrected chi connectivity index (χ1v) is 7.03. The van der Waals surface area contributed by atoms with Crippen LogP contribution in [0.2, 0.25) is 0 Å². The second kappa shape index (κ2) is 5.91. The summed E-state index contributed by atoms with van der Waals surface area (Å²) in [4.78, 5) is 10.7. The number of nitro groups is 1. The summed E-state index contributed by atoms with van der Waals surface area (Å²) in [6.07, 6.45) is 5.88. The van der Waals surface area contributed by atoms with Crippen molar-refractivity contribution in [3.05, 3.63) is 33.9 Å². The van der Waals surface area contributed by atoms with Gasteiger partial charge in [-0.25, -0.2) is 0 Å². The molecule has 0 atom stereocenters. The highest BCUT2D eigenvalue weighted by molar-refractivity contribution is 5.68. The van der Waals surface area contributed by atoms with Gasteiger partial charge in [0.15, 0.2) is 0 Å². The number of nitrogens with one attached hydrogen (secondary N) is 1. The van der Waals surface area contributed by atoms with Gasteiger partial charge in [0, 0.05) is 6.54 Å². The Hall–Kier alpha value is -2.09. The molecule has 0 saturated heterocycles. The van der Waals surface area contributed by atoms with E-state index >= 15 is 0 Å². The third kappa shape index (κ3) is 2.74. The lowest BCUT2D eigenvalue weighted by Crippen LogP contribution is -2.26. The Morgan fingerprint density at radius 3 is 2.70 bits per heavy atom. The molecular weight excluding hydrogens is 254 g/mol. The first-order valence-electron chi connectivity index (χ1n) is 7.03. The summed E-state index contributed by atoms with van der Waals surface area (Å²) in [5.41, 5.74) is 0.696. The molecule has 0 spiro atoms. The van der Waals surface area contributed by atoms with Crippen LogP contribution < -0.4 is 5.32 Å². The Labute approximate surface area is 118 Å². The minimum Gasteiger partial charge on any atom is -0.379 e. The van der Waals surface area contributed by atoms with E-state index in [1.165, 1.54) is 31.7 Å². The number of nitrogens with zero attached hydrogens (tertiary/aromatic N) is 2. The van der Waals surface area contributed by atoms with E-state index < -0.39 is 4.92 Å². The summed E-state index contributed by atoms with van der Waals surface area (Å²) in [7, 11) is 0. The zero-order chi connectivity index (χ0) is 14.6. The molecule has 0 heterocycles. The molecule has 1 N–H and O–H groups in total. The molecule has 106 valence electrons. The third-order valence-electron chi connectivity index (χ3n) is 4.41. The van der Waals surface area contributed by atoms with Crippen molar-refractivity contribution in [2.75, 3.05) is 11.9 Å². The largest absolute Gasteiger partial charge is 0.379 e. The number of benzene rings is 1. The SMILES string of the molecule is CCC1(CNc2cccc(C#N)c2[N+](=O)[O-])CCCC1. The fourth-order valence-corrected chi connectivity index (χ4v) is 3.04. The molecule has 5 nitrogen and oxygen atoms in total. The first kappa shape index (κ1) is 14.3. The molecule has 1 aliphatic carbocycles. The maximum atomic E-state index is 11.2. The molecule has 5 heteroatoms. The van der Waals surface area contributed by atoms with Crippen LogP contribution in [0.3, 0.4) is 0 Å². The minimum absolute atomic E-state index is 0.108. The summed E-state index contributed by atoms with van der Waals surface area (Å²) in [5.74, 6) is 0. The predicted octanol–water partition coefficient (Wildman–Crippen LogP) is 3.85. The molecule has 0 bridgehead atoms. The topological polar surface area (TPSA) is 79.0 Å². The van der Waals surface area contributed by atoms with Gasteiger partial charge in [0.2, 0.25) is 0 Å². The van der Waals surface area contributed by atoms with Crippen molar-refractivity contribution < 1.29 is 4.92 Å². The number of rotatable bonds is 5. The highest BCUT2D eigenvalue weighted by Crippen LogP contribution is 2.41. The van der Waals surface area contributed by atoms with Crippen molar-refractivity contribution in [3.8, 4) is 6.07 Å². The summed E-state index contributed by atoms with van der Waals surface area (Å²) >= 11 is 0. The summed E-state index contributed by atoms with van der Waals surface area (Å²) in [5, 5.41) is 23.4. The second-order valence-corrected chi connectivity index (χ2v) is 5.48. The molecule has 1 aromatic carbocycles. The Kier molecular flexibility index (Phi) is 4.23. The van der Waals surface area contributed by atoms with Crippen molar-refractivity contribution in [1.82, 2.24) is 0 Å². The smallest absolute Gasteiger partial charge is 0.309 e. The molecule has 2 rings (SSSR count). The molecule has 0 aliphatic heterocycles. The number of nitro benzene ring substituents is 1. The van der Waals surface area contributed by atoms with Crippen LogP contribution in [0.25, 0.3) is 0 Å². The molecule has 1 fully saturated rings. The third-order valence-corrected chi connectivity index (χ3v) is 4.41. The average molecular weight is 273 g/mol. The molecule has 0 unspecified atom stereocenters. The van der Waals surface area contributed by atoms with Gasteiger partial charge >= 0.3 is 5.69 Å². The molecule has 1 aliphatic rings. The van der Waals surface area contributed by atoms with E-state index in [9.17, 15) is 10.1 Å². The number of nitriles is 1. The predicted molar refractivity (Wildman–Crippen MR) is 77.5 cm³/mol. The van der Waals surface area contributed by atoms with Gasteiger partial charge in [0.05, 0.1) is 4.92 Å². The fraction of sp³-hybridized carbons (Fsp3) is 0.533. The molecule has 0 aromatic heterocycles. The Morgan fingerprint density at radius 1 is 1.45 bits per heavy atom. The summed E-state index contributed by atoms with van der Waals surface area (Å²) in [6.45, 7) is 2.91. The van der Waals surface area contributed by atoms with Crippen molar-refractivity contribution in [2.45, 2.75) is 39.0 Å². The molecule has 1 aromatic rings. The quantitative estimate of drug-likeness (QED) is 0.652. The molecule has 0 amide bonds. The Balaban J connectivity index is 2.21. The van der Waals surface area contributed by atoms with Crippen molar-refractivity contribution >= 4 is 11.4 Å². The van der Waals surface area contributed by atoms with Gasteiger partial charge in [-0.05, 0) is 36.8 Å². The monoisotopic (exact) mass is 273 g/mol. The van der Waals surface area contributed by atoms with Crippen LogP contribution in [0, 0.1) is 26.9 Å². The normalized spacial score (nSPS) is 16.6. The van der Waals surface area contributed by atoms with Gasteiger partial charge < -0.3 is 5.32 Å². The highest BCUT2D eigenvalue weighted by atomic mass is 16.6. The lowest BCUT2D eigenvalue weighted by atomic mass is 9.83. The van der Waals surface area contributed by atoms with Crippen molar-refractivity contribution in [3.63, 3.8) is 0 Å². The second-order valence-electron chi connectivity index (χ2n) is 5.48. The van der Waals surface area contributed by atoms with E-state index in [1.807, 2.05) is 6.07 Å². The van der Waals surface area contributed by atoms with E-state index in [2.05, 4.69) is 12.2 Å². The van der Waals surface area contributed by atoms with Crippen molar-refractivity contribution in [2.24, 2.45) is 5.41 Å². The first-order chi connectivity index (χ1) is 9.62. The van der Waals surface area contributed by atoms with Crippen LogP contribution in [0.5, 0.6) is 0 Å². The zero-order valence-corrected chi connectivity index (χ0v) is 11.7. The van der Waals surface area contributed by atoms with Gasteiger partial charge in [-0.15, -0.1) is 0 Å². The minimum atomic E-state index is -0.478. The van der Waals surface area contributed by atoms with Crippen LogP contribution >= 0.6 is 0 Å². The average Bonchev–Trinajstić information content (AvgIpc) is 2.93. The fourth-order valence-electron chi connectivity index (χ4n) is 3.04. The van der Waals surface area contributed by atoms with E-state index in [1.54, 1.807) is 12.1 Å². The number of hydrogen-bond acceptors (Lipinski definition) is 4. The van der Waals surface area contributed by atoms with E-state index in [0.29, 0.717) is 5.69 Å². The lowest BCUT2D eigenvalue weighted by molar-refractivity contribution is -0.384. The van der Waals surface area contributed by atoms with E-state index in [4.69, 9.17) is 5.26 Å². The number of para-hydroxylation sites is 1. The Bertz CT molecular complexity index is 543. The van der Waals surface area contributed by atoms with Crippen molar-refractivity contribution in [1.29, 1.82) is 5.26 Å².